The first-order valence-electron chi connectivity index (χ1n) is 6.28. The van der Waals surface area contributed by atoms with E-state index in [1.807, 2.05) is 18.7 Å². The van der Waals surface area contributed by atoms with Gasteiger partial charge in [0.25, 0.3) is 0 Å². The van der Waals surface area contributed by atoms with Gasteiger partial charge in [-0.05, 0) is 13.0 Å². The zero-order chi connectivity index (χ0) is 11.7. The normalized spacial score (nSPS) is 16.9. The summed E-state index contributed by atoms with van der Waals surface area (Å²) in [6.07, 6.45) is 1.68. The van der Waals surface area contributed by atoms with Crippen molar-refractivity contribution in [2.75, 3.05) is 32.7 Å². The summed E-state index contributed by atoms with van der Waals surface area (Å²) in [7, 11) is 0. The molecule has 0 aromatic rings. The Morgan fingerprint density at radius 2 is 1.60 bits per heavy atom. The molecular formula is C12H26N2O. The van der Waals surface area contributed by atoms with Crippen LogP contribution in [-0.2, 0) is 4.79 Å². The summed E-state index contributed by atoms with van der Waals surface area (Å²) in [4.78, 5) is 15.9. The molecule has 0 spiro atoms. The second kappa shape index (κ2) is 8.72. The summed E-state index contributed by atoms with van der Waals surface area (Å²) in [5.74, 6) is 0.332. The van der Waals surface area contributed by atoms with Gasteiger partial charge in [-0.15, -0.1) is 0 Å². The molecule has 1 amide bonds. The molecule has 0 saturated carbocycles. The van der Waals surface area contributed by atoms with Gasteiger partial charge in [-0.3, -0.25) is 4.79 Å². The van der Waals surface area contributed by atoms with Crippen LogP contribution in [0.1, 0.15) is 40.5 Å². The van der Waals surface area contributed by atoms with Crippen molar-refractivity contribution in [3.05, 3.63) is 0 Å². The van der Waals surface area contributed by atoms with Gasteiger partial charge in [0, 0.05) is 32.6 Å². The van der Waals surface area contributed by atoms with Crippen LogP contribution >= 0.6 is 0 Å². The third kappa shape index (κ3) is 5.17. The molecule has 3 heteroatoms. The van der Waals surface area contributed by atoms with Gasteiger partial charge in [-0.2, -0.15) is 0 Å². The van der Waals surface area contributed by atoms with E-state index < -0.39 is 0 Å². The Morgan fingerprint density at radius 1 is 1.07 bits per heavy atom. The lowest BCUT2D eigenvalue weighted by Crippen LogP contribution is -2.48. The Morgan fingerprint density at radius 3 is 2.00 bits per heavy atom. The van der Waals surface area contributed by atoms with Crippen molar-refractivity contribution in [1.82, 2.24) is 9.80 Å². The van der Waals surface area contributed by atoms with Crippen molar-refractivity contribution in [3.8, 4) is 0 Å². The van der Waals surface area contributed by atoms with Crippen molar-refractivity contribution in [1.29, 1.82) is 0 Å². The SMILES string of the molecule is CC.CCCC(=O)N1CCN(CC)CC1. The Bertz CT molecular complexity index is 163. The minimum Gasteiger partial charge on any atom is -0.340 e. The maximum Gasteiger partial charge on any atom is 0.222 e. The molecule has 1 fully saturated rings. The van der Waals surface area contributed by atoms with E-state index in [2.05, 4.69) is 18.7 Å². The van der Waals surface area contributed by atoms with E-state index >= 15 is 0 Å². The minimum absolute atomic E-state index is 0.332. The fourth-order valence-electron chi connectivity index (χ4n) is 1.69. The van der Waals surface area contributed by atoms with Crippen LogP contribution in [0.25, 0.3) is 0 Å². The number of carbonyl (C=O) groups excluding carboxylic acids is 1. The molecule has 1 saturated heterocycles. The fraction of sp³-hybridized carbons (Fsp3) is 0.917. The molecule has 0 unspecified atom stereocenters. The number of hydrogen-bond donors (Lipinski definition) is 0. The van der Waals surface area contributed by atoms with Crippen LogP contribution in [0.3, 0.4) is 0 Å². The van der Waals surface area contributed by atoms with Crippen LogP contribution in [0.2, 0.25) is 0 Å². The first-order valence-corrected chi connectivity index (χ1v) is 6.28. The van der Waals surface area contributed by atoms with Crippen LogP contribution in [0.15, 0.2) is 0 Å². The molecule has 15 heavy (non-hydrogen) atoms. The third-order valence-electron chi connectivity index (χ3n) is 2.64. The zero-order valence-corrected chi connectivity index (χ0v) is 10.8. The molecule has 0 atom stereocenters. The topological polar surface area (TPSA) is 23.6 Å². The van der Waals surface area contributed by atoms with Crippen LogP contribution in [0.4, 0.5) is 0 Å². The molecular weight excluding hydrogens is 188 g/mol. The van der Waals surface area contributed by atoms with E-state index in [0.717, 1.165) is 39.1 Å². The molecule has 0 aromatic heterocycles. The summed E-state index contributed by atoms with van der Waals surface area (Å²) < 4.78 is 0. The highest BCUT2D eigenvalue weighted by atomic mass is 16.2. The molecule has 90 valence electrons. The van der Waals surface area contributed by atoms with E-state index in [-0.39, 0.29) is 0 Å². The highest BCUT2D eigenvalue weighted by molar-refractivity contribution is 5.76. The van der Waals surface area contributed by atoms with Gasteiger partial charge >= 0.3 is 0 Å². The number of hydrogen-bond acceptors (Lipinski definition) is 2. The largest absolute Gasteiger partial charge is 0.340 e. The number of likely N-dealkylation sites (N-methyl/N-ethyl adjacent to an activating group) is 1. The molecule has 0 bridgehead atoms. The predicted molar refractivity (Wildman–Crippen MR) is 65.0 cm³/mol. The van der Waals surface area contributed by atoms with Crippen LogP contribution in [0.5, 0.6) is 0 Å². The lowest BCUT2D eigenvalue weighted by atomic mass is 10.2. The van der Waals surface area contributed by atoms with Gasteiger partial charge in [0.15, 0.2) is 0 Å². The van der Waals surface area contributed by atoms with Crippen LogP contribution in [-0.4, -0.2) is 48.4 Å². The number of rotatable bonds is 3. The first kappa shape index (κ1) is 14.4. The molecule has 1 rings (SSSR count). The Kier molecular flexibility index (Phi) is 8.38. The first-order chi connectivity index (χ1) is 7.27. The molecule has 0 aromatic carbocycles. The number of piperazine rings is 1. The highest BCUT2D eigenvalue weighted by Crippen LogP contribution is 2.04. The molecule has 1 aliphatic rings. The third-order valence-corrected chi connectivity index (χ3v) is 2.64. The minimum atomic E-state index is 0.332. The molecule has 3 nitrogen and oxygen atoms in total. The van der Waals surface area contributed by atoms with Crippen LogP contribution < -0.4 is 0 Å². The maximum atomic E-state index is 11.5. The molecule has 1 aliphatic heterocycles. The predicted octanol–water partition coefficient (Wildman–Crippen LogP) is 1.98. The molecule has 1 heterocycles. The number of amides is 1. The smallest absolute Gasteiger partial charge is 0.222 e. The molecule has 0 radical (unpaired) electrons. The fourth-order valence-corrected chi connectivity index (χ4v) is 1.69. The van der Waals surface area contributed by atoms with Crippen molar-refractivity contribution < 1.29 is 4.79 Å². The Balaban J connectivity index is 0.000000921. The standard InChI is InChI=1S/C10H20N2O.C2H6/c1-3-5-10(13)12-8-6-11(4-2)7-9-12;1-2/h3-9H2,1-2H3;1-2H3. The maximum absolute atomic E-state index is 11.5. The molecule has 0 N–H and O–H groups in total. The highest BCUT2D eigenvalue weighted by Gasteiger charge is 2.18. The van der Waals surface area contributed by atoms with E-state index in [1.54, 1.807) is 0 Å². The Hall–Kier alpha value is -0.570. The van der Waals surface area contributed by atoms with E-state index in [9.17, 15) is 4.79 Å². The zero-order valence-electron chi connectivity index (χ0n) is 10.8. The lowest BCUT2D eigenvalue weighted by molar-refractivity contribution is -0.132. The summed E-state index contributed by atoms with van der Waals surface area (Å²) in [6, 6.07) is 0. The van der Waals surface area contributed by atoms with Crippen molar-refractivity contribution in [3.63, 3.8) is 0 Å². The average molecular weight is 214 g/mol. The summed E-state index contributed by atoms with van der Waals surface area (Å²) >= 11 is 0. The van der Waals surface area contributed by atoms with E-state index in [1.165, 1.54) is 0 Å². The lowest BCUT2D eigenvalue weighted by Gasteiger charge is -2.34. The van der Waals surface area contributed by atoms with Gasteiger partial charge in [0.05, 0.1) is 0 Å². The van der Waals surface area contributed by atoms with Crippen molar-refractivity contribution in [2.45, 2.75) is 40.5 Å². The second-order valence-corrected chi connectivity index (χ2v) is 3.57. The van der Waals surface area contributed by atoms with Gasteiger partial charge < -0.3 is 9.80 Å². The average Bonchev–Trinajstić information content (AvgIpc) is 2.32. The summed E-state index contributed by atoms with van der Waals surface area (Å²) in [5.41, 5.74) is 0. The second-order valence-electron chi connectivity index (χ2n) is 3.57. The Labute approximate surface area is 94.4 Å². The number of carbonyl (C=O) groups is 1. The van der Waals surface area contributed by atoms with Crippen molar-refractivity contribution >= 4 is 5.91 Å². The van der Waals surface area contributed by atoms with E-state index in [0.29, 0.717) is 12.3 Å². The van der Waals surface area contributed by atoms with Gasteiger partial charge in [-0.25, -0.2) is 0 Å². The van der Waals surface area contributed by atoms with Gasteiger partial charge in [0.2, 0.25) is 5.91 Å². The van der Waals surface area contributed by atoms with Crippen molar-refractivity contribution in [2.24, 2.45) is 0 Å². The van der Waals surface area contributed by atoms with Crippen LogP contribution in [0, 0.1) is 0 Å². The quantitative estimate of drug-likeness (QED) is 0.717. The number of nitrogens with zero attached hydrogens (tertiary/aromatic N) is 2. The monoisotopic (exact) mass is 214 g/mol. The van der Waals surface area contributed by atoms with E-state index in [4.69, 9.17) is 0 Å². The van der Waals surface area contributed by atoms with Gasteiger partial charge in [-0.1, -0.05) is 27.7 Å². The summed E-state index contributed by atoms with van der Waals surface area (Å²) in [6.45, 7) is 13.3. The van der Waals surface area contributed by atoms with Gasteiger partial charge in [0.1, 0.15) is 0 Å². The summed E-state index contributed by atoms with van der Waals surface area (Å²) in [5, 5.41) is 0. The molecule has 0 aliphatic carbocycles.